The van der Waals surface area contributed by atoms with Crippen LogP contribution in [0.25, 0.3) is 0 Å². The number of nitrogens with two attached hydrogens (primary N) is 1. The van der Waals surface area contributed by atoms with E-state index in [1.54, 1.807) is 11.3 Å². The minimum absolute atomic E-state index is 0.228. The first-order chi connectivity index (χ1) is 10.2. The largest absolute Gasteiger partial charge is 0.399 e. The molecule has 0 spiro atoms. The molecule has 1 aromatic heterocycles. The summed E-state index contributed by atoms with van der Waals surface area (Å²) in [6.07, 6.45) is 2.52. The molecule has 1 amide bonds. The van der Waals surface area contributed by atoms with Gasteiger partial charge in [0.05, 0.1) is 0 Å². The second kappa shape index (κ2) is 7.84. The molecule has 0 aliphatic heterocycles. The Bertz CT molecular complexity index is 549. The highest BCUT2D eigenvalue weighted by Gasteiger charge is 2.12. The predicted molar refractivity (Wildman–Crippen MR) is 89.2 cm³/mol. The summed E-state index contributed by atoms with van der Waals surface area (Å²) in [6, 6.07) is 11.9. The molecule has 4 heteroatoms. The third-order valence-electron chi connectivity index (χ3n) is 3.48. The predicted octanol–water partition coefficient (Wildman–Crippen LogP) is 3.70. The highest BCUT2D eigenvalue weighted by molar-refractivity contribution is 7.09. The van der Waals surface area contributed by atoms with Crippen molar-refractivity contribution in [3.63, 3.8) is 0 Å². The first-order valence-corrected chi connectivity index (χ1v) is 8.21. The number of carbonyl (C=O) groups excluding carboxylic acids is 1. The van der Waals surface area contributed by atoms with Gasteiger partial charge in [0, 0.05) is 30.1 Å². The molecule has 0 bridgehead atoms. The van der Waals surface area contributed by atoms with Gasteiger partial charge in [-0.05, 0) is 48.9 Å². The molecule has 0 saturated heterocycles. The standard InChI is InChI=1S/C17H22N2OS/c1-2-19(13-14-8-10-15(18)11-9-14)17(20)7-3-5-16-6-4-12-21-16/h4,6,8-12H,2-3,5,7,13,18H2,1H3. The fourth-order valence-electron chi connectivity index (χ4n) is 2.25. The van der Waals surface area contributed by atoms with Gasteiger partial charge < -0.3 is 10.6 Å². The second-order valence-electron chi connectivity index (χ2n) is 5.08. The van der Waals surface area contributed by atoms with E-state index < -0.39 is 0 Å². The van der Waals surface area contributed by atoms with Crippen LogP contribution in [0.3, 0.4) is 0 Å². The molecule has 0 radical (unpaired) electrons. The lowest BCUT2D eigenvalue weighted by molar-refractivity contribution is -0.131. The van der Waals surface area contributed by atoms with Crippen LogP contribution in [0, 0.1) is 0 Å². The van der Waals surface area contributed by atoms with Crippen LogP contribution in [0.15, 0.2) is 41.8 Å². The number of thiophene rings is 1. The van der Waals surface area contributed by atoms with E-state index >= 15 is 0 Å². The number of benzene rings is 1. The van der Waals surface area contributed by atoms with Crippen molar-refractivity contribution in [1.82, 2.24) is 4.90 Å². The highest BCUT2D eigenvalue weighted by Crippen LogP contribution is 2.14. The molecular weight excluding hydrogens is 280 g/mol. The van der Waals surface area contributed by atoms with Crippen molar-refractivity contribution in [2.45, 2.75) is 32.7 Å². The van der Waals surface area contributed by atoms with Crippen LogP contribution < -0.4 is 5.73 Å². The van der Waals surface area contributed by atoms with E-state index in [0.717, 1.165) is 30.6 Å². The maximum absolute atomic E-state index is 12.3. The lowest BCUT2D eigenvalue weighted by atomic mass is 10.1. The van der Waals surface area contributed by atoms with Crippen molar-refractivity contribution < 1.29 is 4.79 Å². The number of amides is 1. The summed E-state index contributed by atoms with van der Waals surface area (Å²) >= 11 is 1.76. The molecule has 2 rings (SSSR count). The molecule has 0 saturated carbocycles. The number of rotatable bonds is 7. The molecule has 21 heavy (non-hydrogen) atoms. The number of carbonyl (C=O) groups is 1. The molecule has 1 heterocycles. The Kier molecular flexibility index (Phi) is 5.81. The third kappa shape index (κ3) is 4.90. The van der Waals surface area contributed by atoms with Crippen molar-refractivity contribution in [3.05, 3.63) is 52.2 Å². The third-order valence-corrected chi connectivity index (χ3v) is 4.42. The fourth-order valence-corrected chi connectivity index (χ4v) is 3.00. The van der Waals surface area contributed by atoms with Gasteiger partial charge in [0.1, 0.15) is 0 Å². The van der Waals surface area contributed by atoms with Gasteiger partial charge in [-0.1, -0.05) is 18.2 Å². The Morgan fingerprint density at radius 1 is 1.24 bits per heavy atom. The molecule has 1 aromatic carbocycles. The number of anilines is 1. The fraction of sp³-hybridized carbons (Fsp3) is 0.353. The molecule has 3 nitrogen and oxygen atoms in total. The Morgan fingerprint density at radius 2 is 2.00 bits per heavy atom. The molecule has 0 atom stereocenters. The van der Waals surface area contributed by atoms with Crippen molar-refractivity contribution in [2.24, 2.45) is 0 Å². The van der Waals surface area contributed by atoms with E-state index in [1.807, 2.05) is 36.1 Å². The molecule has 0 aliphatic carbocycles. The van der Waals surface area contributed by atoms with Gasteiger partial charge in [-0.3, -0.25) is 4.79 Å². The second-order valence-corrected chi connectivity index (χ2v) is 6.11. The zero-order chi connectivity index (χ0) is 15.1. The maximum Gasteiger partial charge on any atom is 0.222 e. The summed E-state index contributed by atoms with van der Waals surface area (Å²) in [5.41, 5.74) is 7.56. The van der Waals surface area contributed by atoms with E-state index in [2.05, 4.69) is 17.5 Å². The van der Waals surface area contributed by atoms with Gasteiger partial charge in [-0.2, -0.15) is 0 Å². The summed E-state index contributed by atoms with van der Waals surface area (Å²) < 4.78 is 0. The quantitative estimate of drug-likeness (QED) is 0.793. The van der Waals surface area contributed by atoms with E-state index in [4.69, 9.17) is 5.73 Å². The van der Waals surface area contributed by atoms with Gasteiger partial charge in [0.2, 0.25) is 5.91 Å². The number of nitrogen functional groups attached to an aromatic ring is 1. The van der Waals surface area contributed by atoms with Crippen molar-refractivity contribution in [2.75, 3.05) is 12.3 Å². The first-order valence-electron chi connectivity index (χ1n) is 7.33. The normalized spacial score (nSPS) is 10.5. The Morgan fingerprint density at radius 3 is 2.62 bits per heavy atom. The smallest absolute Gasteiger partial charge is 0.222 e. The Balaban J connectivity index is 1.82. The summed E-state index contributed by atoms with van der Waals surface area (Å²) in [4.78, 5) is 15.5. The van der Waals surface area contributed by atoms with Crippen LogP contribution in [0.1, 0.15) is 30.2 Å². The van der Waals surface area contributed by atoms with Crippen LogP contribution in [0.2, 0.25) is 0 Å². The van der Waals surface area contributed by atoms with E-state index in [0.29, 0.717) is 13.0 Å². The Hall–Kier alpha value is -1.81. The first kappa shape index (κ1) is 15.6. The number of aryl methyl sites for hydroxylation is 1. The minimum atomic E-state index is 0.228. The average molecular weight is 302 g/mol. The number of hydrogen-bond acceptors (Lipinski definition) is 3. The van der Waals surface area contributed by atoms with Crippen LogP contribution in [0.5, 0.6) is 0 Å². The summed E-state index contributed by atoms with van der Waals surface area (Å²) in [6.45, 7) is 3.42. The van der Waals surface area contributed by atoms with Gasteiger partial charge in [-0.25, -0.2) is 0 Å². The van der Waals surface area contributed by atoms with Gasteiger partial charge in [0.15, 0.2) is 0 Å². The van der Waals surface area contributed by atoms with E-state index in [-0.39, 0.29) is 5.91 Å². The SMILES string of the molecule is CCN(Cc1ccc(N)cc1)C(=O)CCCc1cccs1. The molecule has 112 valence electrons. The summed E-state index contributed by atoms with van der Waals surface area (Å²) in [5, 5.41) is 2.08. The van der Waals surface area contributed by atoms with Crippen molar-refractivity contribution >= 4 is 22.9 Å². The van der Waals surface area contributed by atoms with Crippen LogP contribution in [-0.4, -0.2) is 17.4 Å². The van der Waals surface area contributed by atoms with Gasteiger partial charge in [-0.15, -0.1) is 11.3 Å². The topological polar surface area (TPSA) is 46.3 Å². The lowest BCUT2D eigenvalue weighted by Gasteiger charge is -2.21. The molecule has 0 fully saturated rings. The summed E-state index contributed by atoms with van der Waals surface area (Å²) in [5.74, 6) is 0.228. The van der Waals surface area contributed by atoms with Crippen LogP contribution >= 0.6 is 11.3 Å². The average Bonchev–Trinajstić information content (AvgIpc) is 3.00. The monoisotopic (exact) mass is 302 g/mol. The van der Waals surface area contributed by atoms with Crippen molar-refractivity contribution in [1.29, 1.82) is 0 Å². The zero-order valence-corrected chi connectivity index (χ0v) is 13.2. The molecular formula is C17H22N2OS. The highest BCUT2D eigenvalue weighted by atomic mass is 32.1. The minimum Gasteiger partial charge on any atom is -0.399 e. The van der Waals surface area contributed by atoms with Crippen molar-refractivity contribution in [3.8, 4) is 0 Å². The number of nitrogens with zero attached hydrogens (tertiary/aromatic N) is 1. The Labute approximate surface area is 130 Å². The van der Waals surface area contributed by atoms with Crippen LogP contribution in [0.4, 0.5) is 5.69 Å². The van der Waals surface area contributed by atoms with E-state index in [9.17, 15) is 4.79 Å². The summed E-state index contributed by atoms with van der Waals surface area (Å²) in [7, 11) is 0. The van der Waals surface area contributed by atoms with Gasteiger partial charge >= 0.3 is 0 Å². The van der Waals surface area contributed by atoms with Gasteiger partial charge in [0.25, 0.3) is 0 Å². The molecule has 0 unspecified atom stereocenters. The molecule has 2 aromatic rings. The maximum atomic E-state index is 12.3. The van der Waals surface area contributed by atoms with Crippen LogP contribution in [-0.2, 0) is 17.8 Å². The lowest BCUT2D eigenvalue weighted by Crippen LogP contribution is -2.30. The molecule has 2 N–H and O–H groups in total. The number of hydrogen-bond donors (Lipinski definition) is 1. The van der Waals surface area contributed by atoms with E-state index in [1.165, 1.54) is 4.88 Å². The zero-order valence-electron chi connectivity index (χ0n) is 12.4. The molecule has 0 aliphatic rings.